The molecule has 1 aromatic carbocycles. The van der Waals surface area contributed by atoms with Crippen molar-refractivity contribution in [3.63, 3.8) is 0 Å². The summed E-state index contributed by atoms with van der Waals surface area (Å²) in [6, 6.07) is 11.8. The number of benzene rings is 1. The Morgan fingerprint density at radius 3 is 2.79 bits per heavy atom. The van der Waals surface area contributed by atoms with Crippen LogP contribution >= 0.6 is 0 Å². The third-order valence-corrected chi connectivity index (χ3v) is 9.66. The van der Waals surface area contributed by atoms with Crippen LogP contribution in [0, 0.1) is 17.8 Å². The van der Waals surface area contributed by atoms with Gasteiger partial charge in [-0.2, -0.15) is 0 Å². The number of hydrogen-bond donors (Lipinski definition) is 1. The van der Waals surface area contributed by atoms with Crippen molar-refractivity contribution in [1.82, 2.24) is 25.1 Å². The van der Waals surface area contributed by atoms with E-state index >= 15 is 0 Å². The fourth-order valence-electron chi connectivity index (χ4n) is 7.61. The van der Waals surface area contributed by atoms with Crippen molar-refractivity contribution >= 4 is 16.9 Å². The normalized spacial score (nSPS) is 26.1. The molecular weight excluding hydrogens is 530 g/mol. The molecule has 2 saturated heterocycles. The molecule has 9 heteroatoms. The summed E-state index contributed by atoms with van der Waals surface area (Å²) in [6.45, 7) is 9.27. The molecule has 2 aromatic heterocycles. The Hall–Kier alpha value is -3.43. The van der Waals surface area contributed by atoms with Gasteiger partial charge in [0.2, 0.25) is 11.5 Å². The number of pyridine rings is 2. The summed E-state index contributed by atoms with van der Waals surface area (Å²) in [5, 5.41) is 4.62. The maximum atomic E-state index is 14.3. The number of nitrogens with one attached hydrogen (secondary N) is 1. The van der Waals surface area contributed by atoms with Crippen molar-refractivity contribution in [2.24, 2.45) is 17.8 Å². The van der Waals surface area contributed by atoms with Crippen molar-refractivity contribution in [3.8, 4) is 17.2 Å². The second-order valence-electron chi connectivity index (χ2n) is 12.9. The van der Waals surface area contributed by atoms with Crippen LogP contribution in [-0.2, 0) is 6.54 Å². The van der Waals surface area contributed by atoms with Gasteiger partial charge in [-0.05, 0) is 99.5 Å². The van der Waals surface area contributed by atoms with Crippen molar-refractivity contribution < 1.29 is 19.0 Å². The van der Waals surface area contributed by atoms with Gasteiger partial charge in [-0.25, -0.2) is 9.97 Å². The number of carbonyl (C=O) groups excluding carboxylic acids is 1. The van der Waals surface area contributed by atoms with Crippen molar-refractivity contribution in [2.75, 3.05) is 39.8 Å². The smallest absolute Gasteiger partial charge is 0.254 e. The molecule has 4 atom stereocenters. The predicted octanol–water partition coefficient (Wildman–Crippen LogP) is 4.50. The standard InChI is InChI=1S/C33H41N5O4/c1-33(2)41-29-15-24(14-28(40-3)30(29)42-33)32(39)38(18-25-11-10-21-6-4-12-35-31(21)36-25)19-26-7-5-13-37(26)20-27-22-8-9-23(27)17-34-16-22/h4,6,10-12,14-15,22-23,26-27,34H,5,7-9,13,16-20H2,1-3H3/t22-,23+,26-,27-/m0/s1. The number of fused-ring (bicyclic) bond motifs is 4. The highest BCUT2D eigenvalue weighted by atomic mass is 16.7. The van der Waals surface area contributed by atoms with Gasteiger partial charge in [0.05, 0.1) is 19.3 Å². The molecule has 4 aliphatic rings. The predicted molar refractivity (Wildman–Crippen MR) is 160 cm³/mol. The van der Waals surface area contributed by atoms with Gasteiger partial charge in [0.15, 0.2) is 17.1 Å². The maximum Gasteiger partial charge on any atom is 0.254 e. The van der Waals surface area contributed by atoms with E-state index < -0.39 is 5.79 Å². The lowest BCUT2D eigenvalue weighted by atomic mass is 9.85. The fraction of sp³-hybridized carbons (Fsp3) is 0.545. The Morgan fingerprint density at radius 1 is 1.14 bits per heavy atom. The Balaban J connectivity index is 1.17. The van der Waals surface area contributed by atoms with E-state index in [2.05, 4.69) is 15.2 Å². The van der Waals surface area contributed by atoms with Crippen LogP contribution < -0.4 is 19.5 Å². The highest BCUT2D eigenvalue weighted by molar-refractivity contribution is 5.95. The number of likely N-dealkylation sites (tertiary alicyclic amines) is 1. The topological polar surface area (TPSA) is 89.1 Å². The minimum Gasteiger partial charge on any atom is -0.493 e. The highest BCUT2D eigenvalue weighted by Gasteiger charge is 2.42. The van der Waals surface area contributed by atoms with Crippen molar-refractivity contribution in [1.29, 1.82) is 0 Å². The van der Waals surface area contributed by atoms with E-state index in [1.165, 1.54) is 12.8 Å². The molecule has 1 saturated carbocycles. The minimum absolute atomic E-state index is 0.0684. The zero-order valence-electron chi connectivity index (χ0n) is 24.8. The first-order valence-corrected chi connectivity index (χ1v) is 15.4. The Labute approximate surface area is 247 Å². The average Bonchev–Trinajstić information content (AvgIpc) is 3.62. The quantitative estimate of drug-likeness (QED) is 0.423. The molecule has 2 bridgehead atoms. The summed E-state index contributed by atoms with van der Waals surface area (Å²) in [4.78, 5) is 28.2. The van der Waals surface area contributed by atoms with E-state index in [0.717, 1.165) is 67.9 Å². The highest BCUT2D eigenvalue weighted by Crippen LogP contribution is 2.47. The number of rotatable bonds is 8. The third-order valence-electron chi connectivity index (χ3n) is 9.66. The molecule has 3 aliphatic heterocycles. The first-order valence-electron chi connectivity index (χ1n) is 15.4. The van der Waals surface area contributed by atoms with Crippen molar-refractivity contribution in [2.45, 2.75) is 57.9 Å². The van der Waals surface area contributed by atoms with E-state index in [1.807, 2.05) is 43.0 Å². The second kappa shape index (κ2) is 11.0. The van der Waals surface area contributed by atoms with Crippen LogP contribution in [0.1, 0.15) is 55.6 Å². The maximum absolute atomic E-state index is 14.3. The molecule has 9 nitrogen and oxygen atoms in total. The van der Waals surface area contributed by atoms with E-state index in [1.54, 1.807) is 25.4 Å². The van der Waals surface area contributed by atoms with Crippen LogP contribution in [-0.4, -0.2) is 77.3 Å². The lowest BCUT2D eigenvalue weighted by Crippen LogP contribution is -2.48. The number of ether oxygens (including phenoxy) is 3. The lowest BCUT2D eigenvalue weighted by molar-refractivity contribution is -0.0439. The number of carbonyl (C=O) groups is 1. The monoisotopic (exact) mass is 571 g/mol. The molecule has 0 unspecified atom stereocenters. The summed E-state index contributed by atoms with van der Waals surface area (Å²) in [7, 11) is 1.59. The summed E-state index contributed by atoms with van der Waals surface area (Å²) in [5.41, 5.74) is 2.04. The van der Waals surface area contributed by atoms with Gasteiger partial charge in [0.25, 0.3) is 5.91 Å². The number of amides is 1. The van der Waals surface area contributed by atoms with Crippen LogP contribution in [0.25, 0.3) is 11.0 Å². The van der Waals surface area contributed by atoms with Crippen molar-refractivity contribution in [3.05, 3.63) is 53.9 Å². The van der Waals surface area contributed by atoms with Gasteiger partial charge < -0.3 is 24.4 Å². The number of aromatic nitrogens is 2. The number of piperidine rings is 1. The Kier molecular flexibility index (Phi) is 7.18. The van der Waals surface area contributed by atoms with Gasteiger partial charge in [0.1, 0.15) is 0 Å². The molecule has 1 amide bonds. The lowest BCUT2D eigenvalue weighted by Gasteiger charge is -2.37. The zero-order chi connectivity index (χ0) is 28.8. The molecule has 3 fully saturated rings. The SMILES string of the molecule is COc1cc(C(=O)N(Cc2ccc3cccnc3n2)C[C@@H]2CCCN2C[C@@H]2[C@@H]3CC[C@H]2CNC3)cc2c1OC(C)(C)O2. The zero-order valence-corrected chi connectivity index (χ0v) is 24.8. The van der Waals surface area contributed by atoms with Crippen LogP contribution in [0.2, 0.25) is 0 Å². The summed E-state index contributed by atoms with van der Waals surface area (Å²) < 4.78 is 17.6. The average molecular weight is 572 g/mol. The molecular formula is C33H41N5O4. The van der Waals surface area contributed by atoms with Crippen LogP contribution in [0.15, 0.2) is 42.6 Å². The van der Waals surface area contributed by atoms with Gasteiger partial charge >= 0.3 is 0 Å². The van der Waals surface area contributed by atoms with E-state index in [-0.39, 0.29) is 5.91 Å². The van der Waals surface area contributed by atoms with Crippen LogP contribution in [0.4, 0.5) is 0 Å². The second-order valence-corrected chi connectivity index (χ2v) is 12.9. The first kappa shape index (κ1) is 27.4. The largest absolute Gasteiger partial charge is 0.493 e. The Morgan fingerprint density at radius 2 is 1.98 bits per heavy atom. The van der Waals surface area contributed by atoms with Gasteiger partial charge in [0, 0.05) is 50.1 Å². The molecule has 1 aliphatic carbocycles. The summed E-state index contributed by atoms with van der Waals surface area (Å²) in [6.07, 6.45) is 6.70. The Bertz CT molecular complexity index is 1460. The number of hydrogen-bond acceptors (Lipinski definition) is 8. The van der Waals surface area contributed by atoms with Crippen LogP contribution in [0.5, 0.6) is 17.2 Å². The third kappa shape index (κ3) is 5.28. The molecule has 0 spiro atoms. The summed E-state index contributed by atoms with van der Waals surface area (Å²) >= 11 is 0. The van der Waals surface area contributed by atoms with Crippen LogP contribution in [0.3, 0.4) is 0 Å². The van der Waals surface area contributed by atoms with E-state index in [0.29, 0.717) is 47.6 Å². The molecule has 1 N–H and O–H groups in total. The van der Waals surface area contributed by atoms with Gasteiger partial charge in [-0.3, -0.25) is 9.69 Å². The number of nitrogens with zero attached hydrogens (tertiary/aromatic N) is 4. The molecule has 3 aromatic rings. The first-order chi connectivity index (χ1) is 20.4. The fourth-order valence-corrected chi connectivity index (χ4v) is 7.61. The molecule has 5 heterocycles. The van der Waals surface area contributed by atoms with Gasteiger partial charge in [-0.1, -0.05) is 0 Å². The van der Waals surface area contributed by atoms with E-state index in [4.69, 9.17) is 19.2 Å². The molecule has 0 radical (unpaired) electrons. The molecule has 222 valence electrons. The minimum atomic E-state index is -0.822. The molecule has 42 heavy (non-hydrogen) atoms. The molecule has 7 rings (SSSR count). The van der Waals surface area contributed by atoms with Gasteiger partial charge in [-0.15, -0.1) is 0 Å². The van der Waals surface area contributed by atoms with E-state index in [9.17, 15) is 4.79 Å². The number of methoxy groups -OCH3 is 1. The summed E-state index contributed by atoms with van der Waals surface area (Å²) in [5.74, 6) is 2.98.